The number of hydrogen-bond acceptors (Lipinski definition) is 5. The molecule has 1 aliphatic heterocycles. The first-order valence-corrected chi connectivity index (χ1v) is 7.37. The molecule has 0 radical (unpaired) electrons. The Kier molecular flexibility index (Phi) is 4.16. The smallest absolute Gasteiger partial charge is 0.163 e. The Morgan fingerprint density at radius 3 is 2.60 bits per heavy atom. The minimum absolute atomic E-state index is 0.453. The minimum Gasteiger partial charge on any atom is -0.486 e. The van der Waals surface area contributed by atoms with Crippen molar-refractivity contribution in [2.75, 3.05) is 37.4 Å². The van der Waals surface area contributed by atoms with E-state index in [1.165, 1.54) is 25.7 Å². The maximum Gasteiger partial charge on any atom is 0.163 e. The van der Waals surface area contributed by atoms with Crippen LogP contribution in [0.4, 0.5) is 11.4 Å². The summed E-state index contributed by atoms with van der Waals surface area (Å²) in [6.45, 7) is 2.62. The van der Waals surface area contributed by atoms with Crippen molar-refractivity contribution in [1.82, 2.24) is 0 Å². The van der Waals surface area contributed by atoms with Crippen molar-refractivity contribution in [2.24, 2.45) is 0 Å². The van der Waals surface area contributed by atoms with Crippen molar-refractivity contribution < 1.29 is 14.2 Å². The molecule has 0 aromatic heterocycles. The zero-order valence-electron chi connectivity index (χ0n) is 11.7. The Balaban J connectivity index is 1.51. The van der Waals surface area contributed by atoms with Gasteiger partial charge in [0.2, 0.25) is 0 Å². The van der Waals surface area contributed by atoms with Gasteiger partial charge in [-0.05, 0) is 12.8 Å². The van der Waals surface area contributed by atoms with Crippen LogP contribution < -0.4 is 20.5 Å². The number of fused-ring (bicyclic) bond motifs is 1. The summed E-state index contributed by atoms with van der Waals surface area (Å²) < 4.78 is 16.9. The van der Waals surface area contributed by atoms with E-state index >= 15 is 0 Å². The number of anilines is 2. The zero-order valence-corrected chi connectivity index (χ0v) is 11.7. The molecule has 1 aliphatic carbocycles. The third-order valence-electron chi connectivity index (χ3n) is 3.79. The van der Waals surface area contributed by atoms with Gasteiger partial charge in [0.1, 0.15) is 13.2 Å². The minimum atomic E-state index is 0.453. The van der Waals surface area contributed by atoms with E-state index in [0.29, 0.717) is 31.6 Å². The van der Waals surface area contributed by atoms with Crippen molar-refractivity contribution in [3.05, 3.63) is 12.1 Å². The lowest BCUT2D eigenvalue weighted by molar-refractivity contribution is 0.0659. The van der Waals surface area contributed by atoms with Crippen LogP contribution in [0.1, 0.15) is 25.7 Å². The molecule has 2 aliphatic rings. The van der Waals surface area contributed by atoms with Gasteiger partial charge in [0.05, 0.1) is 24.1 Å². The highest BCUT2D eigenvalue weighted by atomic mass is 16.6. The molecule has 0 atom stereocenters. The quantitative estimate of drug-likeness (QED) is 0.639. The van der Waals surface area contributed by atoms with E-state index in [1.807, 2.05) is 12.1 Å². The van der Waals surface area contributed by atoms with Gasteiger partial charge in [-0.2, -0.15) is 0 Å². The molecule has 5 heteroatoms. The highest BCUT2D eigenvalue weighted by molar-refractivity contribution is 5.72. The van der Waals surface area contributed by atoms with Crippen LogP contribution in [0.15, 0.2) is 12.1 Å². The summed E-state index contributed by atoms with van der Waals surface area (Å²) in [6, 6.07) is 3.72. The van der Waals surface area contributed by atoms with Crippen molar-refractivity contribution >= 4 is 11.4 Å². The number of ether oxygens (including phenoxy) is 3. The zero-order chi connectivity index (χ0) is 13.8. The average molecular weight is 278 g/mol. The number of hydrogen-bond donors (Lipinski definition) is 2. The lowest BCUT2D eigenvalue weighted by Gasteiger charge is -2.20. The Labute approximate surface area is 119 Å². The monoisotopic (exact) mass is 278 g/mol. The standard InChI is InChI=1S/C15H22N2O3/c16-12-9-14-15(20-8-7-19-14)10-13(12)17-5-6-18-11-3-1-2-4-11/h9-11,17H,1-8,16H2. The molecule has 1 aromatic rings. The molecule has 1 saturated carbocycles. The predicted molar refractivity (Wildman–Crippen MR) is 78.5 cm³/mol. The summed E-state index contributed by atoms with van der Waals surface area (Å²) in [6.07, 6.45) is 5.45. The Hall–Kier alpha value is -1.62. The molecule has 3 rings (SSSR count). The average Bonchev–Trinajstić information content (AvgIpc) is 2.97. The highest BCUT2D eigenvalue weighted by Gasteiger charge is 2.16. The summed E-state index contributed by atoms with van der Waals surface area (Å²) in [7, 11) is 0. The first-order chi connectivity index (χ1) is 9.83. The van der Waals surface area contributed by atoms with Gasteiger partial charge in [0.25, 0.3) is 0 Å². The van der Waals surface area contributed by atoms with E-state index in [2.05, 4.69) is 5.32 Å². The Bertz CT molecular complexity index is 459. The molecule has 1 fully saturated rings. The van der Waals surface area contributed by atoms with Gasteiger partial charge < -0.3 is 25.3 Å². The first-order valence-electron chi connectivity index (χ1n) is 7.37. The van der Waals surface area contributed by atoms with Gasteiger partial charge >= 0.3 is 0 Å². The van der Waals surface area contributed by atoms with Gasteiger partial charge in [0, 0.05) is 18.7 Å². The number of nitrogen functional groups attached to an aromatic ring is 1. The molecular formula is C15H22N2O3. The van der Waals surface area contributed by atoms with Crippen LogP contribution in [0, 0.1) is 0 Å². The number of nitrogens with one attached hydrogen (secondary N) is 1. The fourth-order valence-electron chi connectivity index (χ4n) is 2.72. The molecular weight excluding hydrogens is 256 g/mol. The predicted octanol–water partition coefficient (Wildman–Crippen LogP) is 2.41. The van der Waals surface area contributed by atoms with E-state index in [9.17, 15) is 0 Å². The fraction of sp³-hybridized carbons (Fsp3) is 0.600. The van der Waals surface area contributed by atoms with Crippen molar-refractivity contribution in [2.45, 2.75) is 31.8 Å². The maximum absolute atomic E-state index is 6.01. The summed E-state index contributed by atoms with van der Waals surface area (Å²) in [5.74, 6) is 1.48. The number of nitrogens with two attached hydrogens (primary N) is 1. The summed E-state index contributed by atoms with van der Waals surface area (Å²) in [5, 5.41) is 3.30. The van der Waals surface area contributed by atoms with Gasteiger partial charge in [0.15, 0.2) is 11.5 Å². The van der Waals surface area contributed by atoms with Crippen LogP contribution in [0.3, 0.4) is 0 Å². The second-order valence-corrected chi connectivity index (χ2v) is 5.29. The van der Waals surface area contributed by atoms with Crippen LogP contribution >= 0.6 is 0 Å². The molecule has 110 valence electrons. The van der Waals surface area contributed by atoms with Gasteiger partial charge in [-0.25, -0.2) is 0 Å². The van der Waals surface area contributed by atoms with Crippen LogP contribution in [0.25, 0.3) is 0 Å². The molecule has 1 aromatic carbocycles. The van der Waals surface area contributed by atoms with Crippen molar-refractivity contribution in [1.29, 1.82) is 0 Å². The van der Waals surface area contributed by atoms with E-state index in [4.69, 9.17) is 19.9 Å². The van der Waals surface area contributed by atoms with E-state index in [-0.39, 0.29) is 0 Å². The number of rotatable bonds is 5. The molecule has 0 saturated heterocycles. The summed E-state index contributed by atoms with van der Waals surface area (Å²) in [5.41, 5.74) is 7.57. The van der Waals surface area contributed by atoms with Crippen molar-refractivity contribution in [3.63, 3.8) is 0 Å². The largest absolute Gasteiger partial charge is 0.486 e. The molecule has 5 nitrogen and oxygen atoms in total. The van der Waals surface area contributed by atoms with E-state index in [0.717, 1.165) is 23.7 Å². The van der Waals surface area contributed by atoms with E-state index in [1.54, 1.807) is 0 Å². The lowest BCUT2D eigenvalue weighted by Crippen LogP contribution is -2.18. The number of benzene rings is 1. The first kappa shape index (κ1) is 13.4. The van der Waals surface area contributed by atoms with Gasteiger partial charge in [-0.1, -0.05) is 12.8 Å². The third-order valence-corrected chi connectivity index (χ3v) is 3.79. The molecule has 0 unspecified atom stereocenters. The normalized spacial score (nSPS) is 18.2. The Morgan fingerprint density at radius 2 is 1.85 bits per heavy atom. The van der Waals surface area contributed by atoms with E-state index < -0.39 is 0 Å². The molecule has 3 N–H and O–H groups in total. The molecule has 0 amide bonds. The maximum atomic E-state index is 6.01. The van der Waals surface area contributed by atoms with Crippen LogP contribution in [0.2, 0.25) is 0 Å². The van der Waals surface area contributed by atoms with Gasteiger partial charge in [-0.3, -0.25) is 0 Å². The van der Waals surface area contributed by atoms with Gasteiger partial charge in [-0.15, -0.1) is 0 Å². The van der Waals surface area contributed by atoms with Crippen LogP contribution in [0.5, 0.6) is 11.5 Å². The summed E-state index contributed by atoms with van der Waals surface area (Å²) in [4.78, 5) is 0. The molecule has 1 heterocycles. The Morgan fingerprint density at radius 1 is 1.15 bits per heavy atom. The molecule has 0 spiro atoms. The highest BCUT2D eigenvalue weighted by Crippen LogP contribution is 2.36. The molecule has 0 bridgehead atoms. The fourth-order valence-corrected chi connectivity index (χ4v) is 2.72. The third kappa shape index (κ3) is 3.10. The summed E-state index contributed by atoms with van der Waals surface area (Å²) >= 11 is 0. The SMILES string of the molecule is Nc1cc2c(cc1NCCOC1CCCC1)OCCO2. The second-order valence-electron chi connectivity index (χ2n) is 5.29. The van der Waals surface area contributed by atoms with Crippen LogP contribution in [-0.2, 0) is 4.74 Å². The topological polar surface area (TPSA) is 65.7 Å². The second kappa shape index (κ2) is 6.22. The van der Waals surface area contributed by atoms with Crippen LogP contribution in [-0.4, -0.2) is 32.5 Å². The molecule has 20 heavy (non-hydrogen) atoms. The van der Waals surface area contributed by atoms with Crippen molar-refractivity contribution in [3.8, 4) is 11.5 Å². The lowest BCUT2D eigenvalue weighted by atomic mass is 10.2.